The summed E-state index contributed by atoms with van der Waals surface area (Å²) in [5.41, 5.74) is 0. The molecule has 1 aliphatic carbocycles. The highest BCUT2D eigenvalue weighted by atomic mass is 31.2. The van der Waals surface area contributed by atoms with Crippen LogP contribution in [0.4, 0.5) is 0 Å². The molecule has 2 saturated heterocycles. The van der Waals surface area contributed by atoms with Gasteiger partial charge in [0.15, 0.2) is 18.7 Å². The Morgan fingerprint density at radius 2 is 0.700 bits per heavy atom. The second-order valence-corrected chi connectivity index (χ2v) is 29.8. The molecule has 3 fully saturated rings. The number of hydrogen-bond donors (Lipinski definition) is 11. The van der Waals surface area contributed by atoms with E-state index >= 15 is 0 Å². The van der Waals surface area contributed by atoms with Crippen molar-refractivity contribution >= 4 is 25.7 Å². The minimum Gasteiger partial charge on any atom is -0.463 e. The van der Waals surface area contributed by atoms with Gasteiger partial charge in [0.05, 0.1) is 13.2 Å². The van der Waals surface area contributed by atoms with E-state index in [1.165, 1.54) is 141 Å². The van der Waals surface area contributed by atoms with E-state index in [0.717, 1.165) is 116 Å². The third kappa shape index (κ3) is 39.3. The summed E-state index contributed by atoms with van der Waals surface area (Å²) in [6, 6.07) is 0. The second-order valence-electron chi connectivity index (χ2n) is 28.4. The summed E-state index contributed by atoms with van der Waals surface area (Å²) in [4.78, 5) is 51.1. The van der Waals surface area contributed by atoms with Gasteiger partial charge in [0, 0.05) is 19.3 Å². The maximum absolute atomic E-state index is 14.3. The fraction of sp³-hybridized carbons (Fsp3) is 0.933. The van der Waals surface area contributed by atoms with Gasteiger partial charge in [-0.2, -0.15) is 0 Å². The van der Waals surface area contributed by atoms with Crippen molar-refractivity contribution in [3.8, 4) is 0 Å². The molecule has 11 N–H and O–H groups in total. The Balaban J connectivity index is 1.71. The van der Waals surface area contributed by atoms with E-state index in [1.54, 1.807) is 0 Å². The molecule has 18 unspecified atom stereocenters. The van der Waals surface area contributed by atoms with E-state index in [-0.39, 0.29) is 19.3 Å². The smallest absolute Gasteiger partial charge is 0.463 e. The van der Waals surface area contributed by atoms with Crippen molar-refractivity contribution in [2.75, 3.05) is 26.4 Å². The summed E-state index contributed by atoms with van der Waals surface area (Å²) >= 11 is 0. The van der Waals surface area contributed by atoms with Crippen LogP contribution in [-0.2, 0) is 61.2 Å². The zero-order valence-electron chi connectivity index (χ0n) is 61.5. The summed E-state index contributed by atoms with van der Waals surface area (Å²) < 4.78 is 65.1. The molecular weight excluding hydrogens is 1320 g/mol. The molecule has 24 nitrogen and oxygen atoms in total. The summed E-state index contributed by atoms with van der Waals surface area (Å²) in [5, 5.41) is 110. The summed E-state index contributed by atoms with van der Waals surface area (Å²) in [5.74, 6) is -1.98. The van der Waals surface area contributed by atoms with Crippen LogP contribution in [0.3, 0.4) is 0 Å². The van der Waals surface area contributed by atoms with Gasteiger partial charge >= 0.3 is 25.7 Å². The minimum atomic E-state index is -5.70. The highest BCUT2D eigenvalue weighted by molar-refractivity contribution is 7.47. The number of ether oxygens (including phenoxy) is 7. The molecule has 0 aromatic carbocycles. The van der Waals surface area contributed by atoms with Gasteiger partial charge < -0.3 is 89.1 Å². The van der Waals surface area contributed by atoms with Gasteiger partial charge in [0.2, 0.25) is 0 Å². The first-order chi connectivity index (χ1) is 48.3. The first-order valence-corrected chi connectivity index (χ1v) is 41.0. The molecule has 2 aliphatic heterocycles. The number of allylic oxidation sites excluding steroid dienone is 2. The van der Waals surface area contributed by atoms with Crippen LogP contribution in [0, 0.1) is 0 Å². The molecule has 100 heavy (non-hydrogen) atoms. The van der Waals surface area contributed by atoms with Gasteiger partial charge in [-0.05, 0) is 44.9 Å². The van der Waals surface area contributed by atoms with Crippen LogP contribution in [0.1, 0.15) is 316 Å². The van der Waals surface area contributed by atoms with Crippen molar-refractivity contribution in [1.29, 1.82) is 0 Å². The zero-order valence-corrected chi connectivity index (χ0v) is 62.4. The molecule has 25 heteroatoms. The van der Waals surface area contributed by atoms with Crippen LogP contribution >= 0.6 is 7.82 Å². The predicted molar refractivity (Wildman–Crippen MR) is 379 cm³/mol. The van der Waals surface area contributed by atoms with Crippen LogP contribution in [0.2, 0.25) is 0 Å². The van der Waals surface area contributed by atoms with E-state index in [4.69, 9.17) is 42.2 Å². The average molecular weight is 1460 g/mol. The molecule has 588 valence electrons. The fourth-order valence-corrected chi connectivity index (χ4v) is 14.1. The highest BCUT2D eigenvalue weighted by Gasteiger charge is 2.58. The summed E-state index contributed by atoms with van der Waals surface area (Å²) in [6.45, 7) is 3.46. The van der Waals surface area contributed by atoms with Crippen molar-refractivity contribution < 1.29 is 117 Å². The molecule has 3 aliphatic rings. The van der Waals surface area contributed by atoms with Crippen LogP contribution < -0.4 is 0 Å². The van der Waals surface area contributed by atoms with Gasteiger partial charge in [0.1, 0.15) is 98.7 Å². The van der Waals surface area contributed by atoms with Gasteiger partial charge in [0.25, 0.3) is 0 Å². The van der Waals surface area contributed by atoms with Crippen LogP contribution in [0.15, 0.2) is 12.2 Å². The van der Waals surface area contributed by atoms with Crippen LogP contribution in [0.5, 0.6) is 0 Å². The molecule has 1 saturated carbocycles. The molecule has 0 aromatic heterocycles. The molecule has 2 heterocycles. The van der Waals surface area contributed by atoms with Gasteiger partial charge in [-0.1, -0.05) is 264 Å². The number of phosphoric acid groups is 1. The Morgan fingerprint density at radius 1 is 0.380 bits per heavy atom. The summed E-state index contributed by atoms with van der Waals surface area (Å²) in [7, 11) is -5.70. The molecule has 18 atom stereocenters. The number of unbranched alkanes of at least 4 members (excludes halogenated alkanes) is 39. The van der Waals surface area contributed by atoms with Crippen molar-refractivity contribution in [2.24, 2.45) is 0 Å². The first kappa shape index (κ1) is 91.9. The second kappa shape index (κ2) is 57.0. The highest BCUT2D eigenvalue weighted by Crippen LogP contribution is 2.49. The lowest BCUT2D eigenvalue weighted by molar-refractivity contribution is -0.360. The first-order valence-electron chi connectivity index (χ1n) is 39.5. The summed E-state index contributed by atoms with van der Waals surface area (Å²) in [6.07, 6.45) is 16.9. The lowest BCUT2D eigenvalue weighted by Gasteiger charge is -2.49. The maximum atomic E-state index is 14.3. The molecular formula is C75H139O24P. The van der Waals surface area contributed by atoms with Crippen molar-refractivity contribution in [2.45, 2.75) is 420 Å². The number of hydrogen-bond acceptors (Lipinski definition) is 23. The Hall–Kier alpha value is -2.30. The standard InChI is InChI=1S/C75H139O24P/c1-4-7-10-13-16-19-22-25-27-28-30-32-35-38-41-44-47-50-60(78)92-55-58-63(81)65(83)70(88)75(96-58)98-72-68(86)66(84)67(85)71(97-74-69(87)64(82)62(80)57(52-76)95-74)73(72)99-100(89,90)93-54-56(53-91-59(77)49-46-43-40-37-34-31-24-21-18-15-12-9-6-3)94-61(79)51-48-45-42-39-36-33-29-26-23-20-17-14-11-8-5-2/h20,23,56-58,62-76,80-88H,4-19,21-22,24-55H2,1-3H3,(H,89,90)/b23-20-. The van der Waals surface area contributed by atoms with E-state index in [1.807, 2.05) is 0 Å². The van der Waals surface area contributed by atoms with E-state index in [0.29, 0.717) is 19.3 Å². The van der Waals surface area contributed by atoms with Crippen molar-refractivity contribution in [1.82, 2.24) is 0 Å². The molecule has 3 rings (SSSR count). The Bertz CT molecular complexity index is 2110. The topological polar surface area (TPSA) is 374 Å². The number of esters is 3. The number of phosphoric ester groups is 1. The molecule has 0 spiro atoms. The zero-order chi connectivity index (χ0) is 73.2. The number of aliphatic hydroxyl groups excluding tert-OH is 10. The number of carbonyl (C=O) groups is 3. The van der Waals surface area contributed by atoms with Gasteiger partial charge in [-0.15, -0.1) is 0 Å². The molecule has 0 bridgehead atoms. The normalized spacial score (nSPS) is 27.3. The van der Waals surface area contributed by atoms with Crippen molar-refractivity contribution in [3.05, 3.63) is 12.2 Å². The Labute approximate surface area is 599 Å². The van der Waals surface area contributed by atoms with Gasteiger partial charge in [-0.3, -0.25) is 23.4 Å². The number of carbonyl (C=O) groups excluding carboxylic acids is 3. The molecule has 0 aromatic rings. The van der Waals surface area contributed by atoms with Crippen LogP contribution in [-0.4, -0.2) is 204 Å². The quantitative estimate of drug-likeness (QED) is 0.00886. The number of aliphatic hydroxyl groups is 10. The average Bonchev–Trinajstić information content (AvgIpc) is 0.761. The third-order valence-electron chi connectivity index (χ3n) is 19.5. The van der Waals surface area contributed by atoms with E-state index in [9.17, 15) is 74.9 Å². The lowest BCUT2D eigenvalue weighted by Crippen LogP contribution is -2.69. The maximum Gasteiger partial charge on any atom is 0.472 e. The fourth-order valence-electron chi connectivity index (χ4n) is 13.1. The molecule has 0 amide bonds. The SMILES string of the molecule is CCCCCC/C=C\CCCCCCCCCC(=O)OC(COC(=O)CCCCCCCCCCCCCCC)COP(=O)(O)OC1C(OC2OC(CO)C(O)C(O)C2O)C(O)C(O)C(O)C1OC1OC(COC(=O)CCCCCCCCCCCCCCCCCCC)C(O)C(O)C1O. The van der Waals surface area contributed by atoms with E-state index < -0.39 is 156 Å². The largest absolute Gasteiger partial charge is 0.472 e. The number of rotatable bonds is 62. The van der Waals surface area contributed by atoms with Gasteiger partial charge in [-0.25, -0.2) is 4.57 Å². The lowest BCUT2D eigenvalue weighted by atomic mass is 9.84. The van der Waals surface area contributed by atoms with E-state index in [2.05, 4.69) is 32.9 Å². The van der Waals surface area contributed by atoms with Crippen LogP contribution in [0.25, 0.3) is 0 Å². The Kier molecular flexibility index (Phi) is 52.3. The third-order valence-corrected chi connectivity index (χ3v) is 20.5. The predicted octanol–water partition coefficient (Wildman–Crippen LogP) is 11.5. The molecule has 0 radical (unpaired) electrons. The van der Waals surface area contributed by atoms with Crippen molar-refractivity contribution in [3.63, 3.8) is 0 Å². The Morgan fingerprint density at radius 3 is 1.09 bits per heavy atom. The minimum absolute atomic E-state index is 0.0330. The monoisotopic (exact) mass is 1450 g/mol.